The molecule has 0 atom stereocenters. The Kier molecular flexibility index (Phi) is 3.84. The van der Waals surface area contributed by atoms with E-state index in [1.807, 2.05) is 0 Å². The monoisotopic (exact) mass is 220 g/mol. The first-order valence-electron chi connectivity index (χ1n) is 4.33. The SMILES string of the molecule is CNCCNc1nccc(C(F)(F)F)n1. The molecule has 4 nitrogen and oxygen atoms in total. The van der Waals surface area contributed by atoms with Crippen LogP contribution in [-0.2, 0) is 6.18 Å². The van der Waals surface area contributed by atoms with Crippen LogP contribution in [0.2, 0.25) is 0 Å². The highest BCUT2D eigenvalue weighted by atomic mass is 19.4. The Bertz CT molecular complexity index is 313. The van der Waals surface area contributed by atoms with E-state index in [0.29, 0.717) is 13.1 Å². The molecular weight excluding hydrogens is 209 g/mol. The van der Waals surface area contributed by atoms with Crippen LogP contribution in [0, 0.1) is 0 Å². The molecule has 0 spiro atoms. The van der Waals surface area contributed by atoms with Crippen LogP contribution < -0.4 is 10.6 Å². The molecule has 1 rings (SSSR count). The fourth-order valence-electron chi connectivity index (χ4n) is 0.901. The summed E-state index contributed by atoms with van der Waals surface area (Å²) in [5.74, 6) is -0.0138. The lowest BCUT2D eigenvalue weighted by Crippen LogP contribution is -2.19. The number of rotatable bonds is 4. The van der Waals surface area contributed by atoms with Crippen molar-refractivity contribution in [1.29, 1.82) is 0 Å². The van der Waals surface area contributed by atoms with Gasteiger partial charge < -0.3 is 10.6 Å². The van der Waals surface area contributed by atoms with Crippen molar-refractivity contribution in [2.45, 2.75) is 6.18 Å². The first-order chi connectivity index (χ1) is 7.04. The molecule has 0 aliphatic rings. The smallest absolute Gasteiger partial charge is 0.353 e. The quantitative estimate of drug-likeness (QED) is 0.747. The molecule has 0 amide bonds. The topological polar surface area (TPSA) is 49.8 Å². The van der Waals surface area contributed by atoms with Crippen molar-refractivity contribution >= 4 is 5.95 Å². The third kappa shape index (κ3) is 3.70. The van der Waals surface area contributed by atoms with Crippen LogP contribution in [0.15, 0.2) is 12.3 Å². The lowest BCUT2D eigenvalue weighted by molar-refractivity contribution is -0.141. The summed E-state index contributed by atoms with van der Waals surface area (Å²) in [5, 5.41) is 5.52. The second-order valence-electron chi connectivity index (χ2n) is 2.79. The van der Waals surface area contributed by atoms with E-state index in [4.69, 9.17) is 0 Å². The maximum absolute atomic E-state index is 12.2. The summed E-state index contributed by atoms with van der Waals surface area (Å²) in [4.78, 5) is 7.02. The number of hydrogen-bond acceptors (Lipinski definition) is 4. The highest BCUT2D eigenvalue weighted by Crippen LogP contribution is 2.27. The van der Waals surface area contributed by atoms with Crippen molar-refractivity contribution in [2.75, 3.05) is 25.5 Å². The molecule has 2 N–H and O–H groups in total. The Morgan fingerprint density at radius 3 is 2.67 bits per heavy atom. The zero-order valence-electron chi connectivity index (χ0n) is 8.10. The first-order valence-corrected chi connectivity index (χ1v) is 4.33. The van der Waals surface area contributed by atoms with Gasteiger partial charge >= 0.3 is 6.18 Å². The van der Waals surface area contributed by atoms with Crippen molar-refractivity contribution < 1.29 is 13.2 Å². The van der Waals surface area contributed by atoms with Crippen molar-refractivity contribution in [3.63, 3.8) is 0 Å². The van der Waals surface area contributed by atoms with E-state index in [9.17, 15) is 13.2 Å². The van der Waals surface area contributed by atoms with E-state index < -0.39 is 11.9 Å². The number of aromatic nitrogens is 2. The molecule has 84 valence electrons. The molecule has 7 heteroatoms. The normalized spacial score (nSPS) is 11.5. The maximum Gasteiger partial charge on any atom is 0.433 e. The molecule has 0 saturated heterocycles. The van der Waals surface area contributed by atoms with Crippen LogP contribution in [0.5, 0.6) is 0 Å². The Morgan fingerprint density at radius 2 is 2.07 bits per heavy atom. The van der Waals surface area contributed by atoms with Gasteiger partial charge in [0.05, 0.1) is 0 Å². The van der Waals surface area contributed by atoms with E-state index in [-0.39, 0.29) is 5.95 Å². The predicted octanol–water partition coefficient (Wildman–Crippen LogP) is 1.13. The summed E-state index contributed by atoms with van der Waals surface area (Å²) < 4.78 is 36.7. The van der Waals surface area contributed by atoms with Gasteiger partial charge in [-0.15, -0.1) is 0 Å². The highest BCUT2D eigenvalue weighted by molar-refractivity contribution is 5.25. The maximum atomic E-state index is 12.2. The van der Waals surface area contributed by atoms with Crippen LogP contribution in [0.3, 0.4) is 0 Å². The average molecular weight is 220 g/mol. The van der Waals surface area contributed by atoms with Gasteiger partial charge in [-0.25, -0.2) is 9.97 Å². The molecule has 0 aliphatic carbocycles. The average Bonchev–Trinajstić information content (AvgIpc) is 2.17. The fraction of sp³-hybridized carbons (Fsp3) is 0.500. The number of hydrogen-bond donors (Lipinski definition) is 2. The van der Waals surface area contributed by atoms with Gasteiger partial charge in [0.15, 0.2) is 0 Å². The summed E-state index contributed by atoms with van der Waals surface area (Å²) in [6.45, 7) is 1.09. The van der Waals surface area contributed by atoms with Crippen molar-refractivity contribution in [3.05, 3.63) is 18.0 Å². The van der Waals surface area contributed by atoms with Gasteiger partial charge in [0.25, 0.3) is 0 Å². The van der Waals surface area contributed by atoms with Crippen LogP contribution in [0.4, 0.5) is 19.1 Å². The van der Waals surface area contributed by atoms with Crippen molar-refractivity contribution in [2.24, 2.45) is 0 Å². The minimum atomic E-state index is -4.43. The lowest BCUT2D eigenvalue weighted by Gasteiger charge is -2.08. The van der Waals surface area contributed by atoms with Crippen molar-refractivity contribution in [3.8, 4) is 0 Å². The number of anilines is 1. The van der Waals surface area contributed by atoms with Gasteiger partial charge in [-0.1, -0.05) is 0 Å². The number of halogens is 3. The molecule has 0 fully saturated rings. The summed E-state index contributed by atoms with van der Waals surface area (Å²) in [7, 11) is 1.74. The second kappa shape index (κ2) is 4.92. The number of nitrogens with zero attached hydrogens (tertiary/aromatic N) is 2. The van der Waals surface area contributed by atoms with E-state index >= 15 is 0 Å². The Morgan fingerprint density at radius 1 is 1.33 bits per heavy atom. The molecule has 1 heterocycles. The summed E-state index contributed by atoms with van der Waals surface area (Å²) in [6, 6.07) is 0.837. The van der Waals surface area contributed by atoms with Crippen LogP contribution >= 0.6 is 0 Å². The van der Waals surface area contributed by atoms with Crippen LogP contribution in [0.1, 0.15) is 5.69 Å². The third-order valence-electron chi connectivity index (χ3n) is 1.60. The van der Waals surface area contributed by atoms with Crippen molar-refractivity contribution in [1.82, 2.24) is 15.3 Å². The molecule has 1 aromatic heterocycles. The van der Waals surface area contributed by atoms with Gasteiger partial charge in [-0.2, -0.15) is 13.2 Å². The van der Waals surface area contributed by atoms with Gasteiger partial charge in [-0.05, 0) is 13.1 Å². The minimum Gasteiger partial charge on any atom is -0.353 e. The minimum absolute atomic E-state index is 0.0138. The summed E-state index contributed by atoms with van der Waals surface area (Å²) in [5.41, 5.74) is -0.940. The van der Waals surface area contributed by atoms with E-state index in [1.54, 1.807) is 7.05 Å². The fourth-order valence-corrected chi connectivity index (χ4v) is 0.901. The lowest BCUT2D eigenvalue weighted by atomic mass is 10.4. The second-order valence-corrected chi connectivity index (χ2v) is 2.79. The molecular formula is C8H11F3N4. The van der Waals surface area contributed by atoms with Crippen LogP contribution in [0.25, 0.3) is 0 Å². The molecule has 0 aliphatic heterocycles. The van der Waals surface area contributed by atoms with E-state index in [2.05, 4.69) is 20.6 Å². The molecule has 0 aromatic carbocycles. The molecule has 15 heavy (non-hydrogen) atoms. The molecule has 0 bridgehead atoms. The third-order valence-corrected chi connectivity index (χ3v) is 1.60. The van der Waals surface area contributed by atoms with Crippen LogP contribution in [-0.4, -0.2) is 30.1 Å². The summed E-state index contributed by atoms with van der Waals surface area (Å²) >= 11 is 0. The van der Waals surface area contributed by atoms with Gasteiger partial charge in [0.2, 0.25) is 5.95 Å². The number of likely N-dealkylation sites (N-methyl/N-ethyl adjacent to an activating group) is 1. The largest absolute Gasteiger partial charge is 0.433 e. The molecule has 1 aromatic rings. The molecule has 0 saturated carbocycles. The first kappa shape index (κ1) is 11.7. The zero-order chi connectivity index (χ0) is 11.3. The zero-order valence-corrected chi connectivity index (χ0v) is 8.10. The highest BCUT2D eigenvalue weighted by Gasteiger charge is 2.32. The van der Waals surface area contributed by atoms with Gasteiger partial charge in [-0.3, -0.25) is 0 Å². The molecule has 0 radical (unpaired) electrons. The molecule has 0 unspecified atom stereocenters. The van der Waals surface area contributed by atoms with E-state index in [0.717, 1.165) is 12.3 Å². The standard InChI is InChI=1S/C8H11F3N4/c1-12-4-5-14-7-13-3-2-6(15-7)8(9,10)11/h2-3,12H,4-5H2,1H3,(H,13,14,15). The predicted molar refractivity (Wildman–Crippen MR) is 49.5 cm³/mol. The Balaban J connectivity index is 2.66. The van der Waals surface area contributed by atoms with E-state index in [1.165, 1.54) is 0 Å². The Hall–Kier alpha value is -1.37. The summed E-state index contributed by atoms with van der Waals surface area (Å²) in [6.07, 6.45) is -3.35. The Labute approximate surface area is 84.9 Å². The van der Waals surface area contributed by atoms with Gasteiger partial charge in [0, 0.05) is 19.3 Å². The number of alkyl halides is 3. The number of nitrogens with one attached hydrogen (secondary N) is 2. The van der Waals surface area contributed by atoms with Gasteiger partial charge in [0.1, 0.15) is 5.69 Å².